The Morgan fingerprint density at radius 2 is 2.00 bits per heavy atom. The Hall–Kier alpha value is -1.63. The molecule has 0 saturated heterocycles. The molecule has 7 heteroatoms. The van der Waals surface area contributed by atoms with Gasteiger partial charge in [-0.1, -0.05) is 6.07 Å². The van der Waals surface area contributed by atoms with E-state index in [0.29, 0.717) is 11.4 Å². The highest BCUT2D eigenvalue weighted by Gasteiger charge is 2.14. The van der Waals surface area contributed by atoms with Gasteiger partial charge in [-0.2, -0.15) is 0 Å². The molecule has 0 aliphatic rings. The number of carbonyl (C=O) groups excluding carboxylic acids is 2. The summed E-state index contributed by atoms with van der Waals surface area (Å²) in [6, 6.07) is 4.53. The first-order chi connectivity index (χ1) is 8.93. The van der Waals surface area contributed by atoms with Crippen LogP contribution >= 0.6 is 12.4 Å². The van der Waals surface area contributed by atoms with Gasteiger partial charge in [0.1, 0.15) is 6.04 Å². The fourth-order valence-electron chi connectivity index (χ4n) is 1.52. The minimum absolute atomic E-state index is 0. The summed E-state index contributed by atoms with van der Waals surface area (Å²) in [6.07, 6.45) is 0. The minimum Gasteiger partial charge on any atom is -0.383 e. The monoisotopic (exact) mass is 301 g/mol. The van der Waals surface area contributed by atoms with Crippen molar-refractivity contribution >= 4 is 35.6 Å². The Balaban J connectivity index is 0.00000361. The number of carbonyl (C=O) groups is 2. The van der Waals surface area contributed by atoms with Gasteiger partial charge in [0, 0.05) is 25.4 Å². The van der Waals surface area contributed by atoms with Gasteiger partial charge in [0.25, 0.3) is 0 Å². The topological polar surface area (TPSA) is 93.4 Å². The fourth-order valence-corrected chi connectivity index (χ4v) is 1.52. The molecule has 0 spiro atoms. The minimum atomic E-state index is -0.728. The van der Waals surface area contributed by atoms with E-state index in [0.717, 1.165) is 5.56 Å². The van der Waals surface area contributed by atoms with Crippen molar-refractivity contribution in [1.29, 1.82) is 0 Å². The van der Waals surface area contributed by atoms with Gasteiger partial charge in [0.15, 0.2) is 0 Å². The number of amides is 2. The van der Waals surface area contributed by atoms with Crippen LogP contribution in [-0.4, -0.2) is 31.6 Å². The number of hydrogen-bond acceptors (Lipinski definition) is 4. The van der Waals surface area contributed by atoms with E-state index >= 15 is 0 Å². The van der Waals surface area contributed by atoms with Crippen molar-refractivity contribution in [2.75, 3.05) is 24.4 Å². The Morgan fingerprint density at radius 1 is 1.35 bits per heavy atom. The molecule has 0 bridgehead atoms. The lowest BCUT2D eigenvalue weighted by Gasteiger charge is -2.14. The summed E-state index contributed by atoms with van der Waals surface area (Å²) in [5, 5.41) is 5.37. The lowest BCUT2D eigenvalue weighted by Crippen LogP contribution is -2.39. The smallest absolute Gasteiger partial charge is 0.243 e. The van der Waals surface area contributed by atoms with Crippen LogP contribution in [0.25, 0.3) is 0 Å². The molecule has 0 saturated carbocycles. The molecule has 6 nitrogen and oxygen atoms in total. The highest BCUT2D eigenvalue weighted by Crippen LogP contribution is 2.20. The maximum absolute atomic E-state index is 11.8. The molecule has 1 atom stereocenters. The van der Waals surface area contributed by atoms with Crippen LogP contribution in [-0.2, 0) is 14.3 Å². The van der Waals surface area contributed by atoms with E-state index in [4.69, 9.17) is 10.5 Å². The van der Waals surface area contributed by atoms with Crippen molar-refractivity contribution in [1.82, 2.24) is 0 Å². The second-order valence-corrected chi connectivity index (χ2v) is 4.26. The van der Waals surface area contributed by atoms with Gasteiger partial charge in [-0.15, -0.1) is 12.4 Å². The van der Waals surface area contributed by atoms with E-state index in [-0.39, 0.29) is 30.8 Å². The van der Waals surface area contributed by atoms with Crippen molar-refractivity contribution in [3.8, 4) is 0 Å². The maximum Gasteiger partial charge on any atom is 0.243 e. The average molecular weight is 302 g/mol. The van der Waals surface area contributed by atoms with Gasteiger partial charge >= 0.3 is 0 Å². The Bertz CT molecular complexity index is 480. The molecule has 0 aromatic heterocycles. The number of hydrogen-bond donors (Lipinski definition) is 3. The van der Waals surface area contributed by atoms with E-state index in [1.165, 1.54) is 14.0 Å². The summed E-state index contributed by atoms with van der Waals surface area (Å²) in [7, 11) is 1.48. The number of methoxy groups -OCH3 is 1. The van der Waals surface area contributed by atoms with E-state index in [1.807, 2.05) is 13.0 Å². The highest BCUT2D eigenvalue weighted by molar-refractivity contribution is 5.96. The zero-order valence-corrected chi connectivity index (χ0v) is 12.5. The third kappa shape index (κ3) is 5.56. The molecule has 1 rings (SSSR count). The van der Waals surface area contributed by atoms with Crippen LogP contribution in [0, 0.1) is 6.92 Å². The number of halogens is 1. The zero-order chi connectivity index (χ0) is 14.4. The lowest BCUT2D eigenvalue weighted by atomic mass is 10.1. The third-order valence-corrected chi connectivity index (χ3v) is 2.50. The molecule has 112 valence electrons. The lowest BCUT2D eigenvalue weighted by molar-refractivity contribution is -0.118. The molecule has 0 aliphatic carbocycles. The number of aryl methyl sites for hydroxylation is 1. The van der Waals surface area contributed by atoms with Crippen molar-refractivity contribution in [3.63, 3.8) is 0 Å². The molecule has 1 unspecified atom stereocenters. The van der Waals surface area contributed by atoms with Crippen molar-refractivity contribution < 1.29 is 14.3 Å². The number of ether oxygens (including phenoxy) is 1. The van der Waals surface area contributed by atoms with Gasteiger partial charge in [0.2, 0.25) is 11.8 Å². The second kappa shape index (κ2) is 8.52. The van der Waals surface area contributed by atoms with Crippen LogP contribution in [0.4, 0.5) is 11.4 Å². The number of rotatable bonds is 5. The van der Waals surface area contributed by atoms with Gasteiger partial charge in [0.05, 0.1) is 6.61 Å². The first-order valence-electron chi connectivity index (χ1n) is 5.87. The van der Waals surface area contributed by atoms with Crippen molar-refractivity contribution in [2.45, 2.75) is 19.9 Å². The molecule has 0 radical (unpaired) electrons. The van der Waals surface area contributed by atoms with Gasteiger partial charge < -0.3 is 21.1 Å². The van der Waals surface area contributed by atoms with Crippen LogP contribution < -0.4 is 16.4 Å². The molecule has 0 fully saturated rings. The molecule has 1 aromatic carbocycles. The quantitative estimate of drug-likeness (QED) is 0.764. The van der Waals surface area contributed by atoms with Crippen LogP contribution in [0.2, 0.25) is 0 Å². The average Bonchev–Trinajstić information content (AvgIpc) is 2.33. The van der Waals surface area contributed by atoms with Crippen LogP contribution in [0.5, 0.6) is 0 Å². The summed E-state index contributed by atoms with van der Waals surface area (Å²) >= 11 is 0. The first kappa shape index (κ1) is 18.4. The highest BCUT2D eigenvalue weighted by atomic mass is 35.5. The molecule has 0 aliphatic heterocycles. The summed E-state index contributed by atoms with van der Waals surface area (Å²) in [5.74, 6) is -0.498. The first-order valence-corrected chi connectivity index (χ1v) is 5.87. The Morgan fingerprint density at radius 3 is 2.55 bits per heavy atom. The SMILES string of the molecule is COCC(N)C(=O)Nc1cc(NC(C)=O)ccc1C.Cl. The summed E-state index contributed by atoms with van der Waals surface area (Å²) < 4.78 is 4.83. The largest absolute Gasteiger partial charge is 0.383 e. The van der Waals surface area contributed by atoms with Gasteiger partial charge in [-0.3, -0.25) is 9.59 Å². The molecule has 0 heterocycles. The standard InChI is InChI=1S/C13H19N3O3.ClH/c1-8-4-5-10(15-9(2)17)6-12(8)16-13(18)11(14)7-19-3;/h4-6,11H,7,14H2,1-3H3,(H,15,17)(H,16,18);1H. The molecule has 4 N–H and O–H groups in total. The Kier molecular flexibility index (Phi) is 7.83. The maximum atomic E-state index is 11.8. The van der Waals surface area contributed by atoms with E-state index in [1.54, 1.807) is 12.1 Å². The van der Waals surface area contributed by atoms with E-state index < -0.39 is 6.04 Å². The zero-order valence-electron chi connectivity index (χ0n) is 11.7. The van der Waals surface area contributed by atoms with Crippen molar-refractivity contribution in [3.05, 3.63) is 23.8 Å². The van der Waals surface area contributed by atoms with Crippen molar-refractivity contribution in [2.24, 2.45) is 5.73 Å². The van der Waals surface area contributed by atoms with Crippen LogP contribution in [0.1, 0.15) is 12.5 Å². The summed E-state index contributed by atoms with van der Waals surface area (Å²) in [6.45, 7) is 3.43. The molecular weight excluding hydrogens is 282 g/mol. The molecule has 2 amide bonds. The molecule has 1 aromatic rings. The number of nitrogens with one attached hydrogen (secondary N) is 2. The molecular formula is C13H20ClN3O3. The predicted octanol–water partition coefficient (Wildman–Crippen LogP) is 1.29. The predicted molar refractivity (Wildman–Crippen MR) is 81.2 cm³/mol. The number of anilines is 2. The Labute approximate surface area is 124 Å². The summed E-state index contributed by atoms with van der Waals surface area (Å²) in [4.78, 5) is 22.8. The van der Waals surface area contributed by atoms with Crippen LogP contribution in [0.3, 0.4) is 0 Å². The van der Waals surface area contributed by atoms with E-state index in [2.05, 4.69) is 10.6 Å². The van der Waals surface area contributed by atoms with Gasteiger partial charge in [-0.25, -0.2) is 0 Å². The van der Waals surface area contributed by atoms with Crippen LogP contribution in [0.15, 0.2) is 18.2 Å². The normalized spacial score (nSPS) is 11.2. The third-order valence-electron chi connectivity index (χ3n) is 2.50. The number of benzene rings is 1. The van der Waals surface area contributed by atoms with Gasteiger partial charge in [-0.05, 0) is 24.6 Å². The van der Waals surface area contributed by atoms with E-state index in [9.17, 15) is 9.59 Å². The molecule has 20 heavy (non-hydrogen) atoms. The fraction of sp³-hybridized carbons (Fsp3) is 0.385. The second-order valence-electron chi connectivity index (χ2n) is 4.26. The summed E-state index contributed by atoms with van der Waals surface area (Å²) in [5.41, 5.74) is 7.75. The number of nitrogens with two attached hydrogens (primary N) is 1.